The van der Waals surface area contributed by atoms with Crippen LogP contribution in [0.4, 0.5) is 0 Å². The molecular formula is C11H22N2O2. The molecule has 88 valence electrons. The first-order chi connectivity index (χ1) is 7.31. The van der Waals surface area contributed by atoms with Gasteiger partial charge >= 0.3 is 0 Å². The van der Waals surface area contributed by atoms with Crippen molar-refractivity contribution in [1.82, 2.24) is 10.6 Å². The quantitative estimate of drug-likeness (QED) is 0.419. The second kappa shape index (κ2) is 11.2. The minimum Gasteiger partial charge on any atom is -0.356 e. The third kappa shape index (κ3) is 11.0. The molecule has 4 heteroatoms. The summed E-state index contributed by atoms with van der Waals surface area (Å²) < 4.78 is 0. The molecule has 1 amide bonds. The highest BCUT2D eigenvalue weighted by molar-refractivity contribution is 5.75. The van der Waals surface area contributed by atoms with E-state index >= 15 is 0 Å². The maximum absolute atomic E-state index is 11.2. The lowest BCUT2D eigenvalue weighted by Gasteiger charge is -2.03. The van der Waals surface area contributed by atoms with Gasteiger partial charge in [0.05, 0.1) is 0 Å². The molecule has 0 bridgehead atoms. The van der Waals surface area contributed by atoms with Crippen LogP contribution in [0.15, 0.2) is 0 Å². The Kier molecular flexibility index (Phi) is 10.5. The number of hydrogen-bond donors (Lipinski definition) is 2. The van der Waals surface area contributed by atoms with Crippen molar-refractivity contribution >= 4 is 12.2 Å². The maximum Gasteiger partial charge on any atom is 0.219 e. The molecule has 0 atom stereocenters. The zero-order valence-electron chi connectivity index (χ0n) is 9.55. The van der Waals surface area contributed by atoms with E-state index in [-0.39, 0.29) is 5.91 Å². The van der Waals surface area contributed by atoms with Gasteiger partial charge in [-0.2, -0.15) is 0 Å². The number of carbonyl (C=O) groups excluding carboxylic acids is 2. The van der Waals surface area contributed by atoms with Crippen molar-refractivity contribution in [2.75, 3.05) is 20.1 Å². The molecule has 0 fully saturated rings. The number of rotatable bonds is 10. The Balaban J connectivity index is 3.15. The predicted molar refractivity (Wildman–Crippen MR) is 60.7 cm³/mol. The number of aldehydes is 1. The summed E-state index contributed by atoms with van der Waals surface area (Å²) in [6.45, 7) is 1.63. The summed E-state index contributed by atoms with van der Waals surface area (Å²) in [4.78, 5) is 21.2. The van der Waals surface area contributed by atoms with Crippen LogP contribution in [0, 0.1) is 0 Å². The van der Waals surface area contributed by atoms with Crippen LogP contribution in [0.5, 0.6) is 0 Å². The van der Waals surface area contributed by atoms with Gasteiger partial charge in [0.25, 0.3) is 0 Å². The Bertz CT molecular complexity index is 172. The second-order valence-electron chi connectivity index (χ2n) is 3.57. The maximum atomic E-state index is 11.2. The van der Waals surface area contributed by atoms with E-state index in [1.165, 1.54) is 0 Å². The Morgan fingerprint density at radius 3 is 2.60 bits per heavy atom. The normalized spacial score (nSPS) is 9.93. The second-order valence-corrected chi connectivity index (χ2v) is 3.57. The lowest BCUT2D eigenvalue weighted by molar-refractivity contribution is -0.121. The first-order valence-corrected chi connectivity index (χ1v) is 5.66. The van der Waals surface area contributed by atoms with Gasteiger partial charge in [0.1, 0.15) is 6.29 Å². The average molecular weight is 214 g/mol. The summed E-state index contributed by atoms with van der Waals surface area (Å²) in [5.74, 6) is 0.102. The summed E-state index contributed by atoms with van der Waals surface area (Å²) >= 11 is 0. The van der Waals surface area contributed by atoms with E-state index in [2.05, 4.69) is 10.6 Å². The van der Waals surface area contributed by atoms with Crippen LogP contribution in [0.2, 0.25) is 0 Å². The summed E-state index contributed by atoms with van der Waals surface area (Å²) in [7, 11) is 1.93. The van der Waals surface area contributed by atoms with E-state index < -0.39 is 0 Å². The van der Waals surface area contributed by atoms with Crippen molar-refractivity contribution in [3.8, 4) is 0 Å². The van der Waals surface area contributed by atoms with Crippen molar-refractivity contribution in [3.05, 3.63) is 0 Å². The molecule has 0 radical (unpaired) electrons. The molecule has 4 nitrogen and oxygen atoms in total. The number of carbonyl (C=O) groups is 2. The largest absolute Gasteiger partial charge is 0.356 e. The lowest BCUT2D eigenvalue weighted by Crippen LogP contribution is -2.24. The molecule has 0 unspecified atom stereocenters. The van der Waals surface area contributed by atoms with E-state index in [0.29, 0.717) is 19.4 Å². The van der Waals surface area contributed by atoms with Gasteiger partial charge in [-0.25, -0.2) is 0 Å². The predicted octanol–water partition coefficient (Wildman–Crippen LogP) is 0.861. The molecular weight excluding hydrogens is 192 g/mol. The van der Waals surface area contributed by atoms with Crippen molar-refractivity contribution in [3.63, 3.8) is 0 Å². The summed E-state index contributed by atoms with van der Waals surface area (Å²) in [5.41, 5.74) is 0. The zero-order valence-corrected chi connectivity index (χ0v) is 9.55. The van der Waals surface area contributed by atoms with Crippen LogP contribution < -0.4 is 10.6 Å². The van der Waals surface area contributed by atoms with Crippen LogP contribution in [0.3, 0.4) is 0 Å². The molecule has 0 spiro atoms. The first kappa shape index (κ1) is 14.1. The van der Waals surface area contributed by atoms with Crippen molar-refractivity contribution in [2.45, 2.75) is 38.5 Å². The third-order valence-electron chi connectivity index (χ3n) is 2.15. The molecule has 15 heavy (non-hydrogen) atoms. The minimum absolute atomic E-state index is 0.102. The van der Waals surface area contributed by atoms with E-state index in [1.807, 2.05) is 7.05 Å². The first-order valence-electron chi connectivity index (χ1n) is 5.66. The summed E-state index contributed by atoms with van der Waals surface area (Å²) in [5, 5.41) is 5.87. The summed E-state index contributed by atoms with van der Waals surface area (Å²) in [6, 6.07) is 0. The van der Waals surface area contributed by atoms with Gasteiger partial charge in [0, 0.05) is 19.4 Å². The molecule has 0 aliphatic heterocycles. The van der Waals surface area contributed by atoms with Gasteiger partial charge in [-0.1, -0.05) is 6.42 Å². The summed E-state index contributed by atoms with van der Waals surface area (Å²) in [6.07, 6.45) is 5.91. The monoisotopic (exact) mass is 214 g/mol. The van der Waals surface area contributed by atoms with Gasteiger partial charge in [0.2, 0.25) is 5.91 Å². The van der Waals surface area contributed by atoms with Gasteiger partial charge in [0.15, 0.2) is 0 Å². The van der Waals surface area contributed by atoms with Crippen LogP contribution in [-0.2, 0) is 9.59 Å². The molecule has 0 aliphatic rings. The molecule has 0 rings (SSSR count). The molecule has 0 heterocycles. The number of amides is 1. The Morgan fingerprint density at radius 1 is 1.13 bits per heavy atom. The topological polar surface area (TPSA) is 58.2 Å². The van der Waals surface area contributed by atoms with Crippen LogP contribution >= 0.6 is 0 Å². The lowest BCUT2D eigenvalue weighted by atomic mass is 10.2. The number of nitrogens with one attached hydrogen (secondary N) is 2. The van der Waals surface area contributed by atoms with Gasteiger partial charge in [-0.05, 0) is 32.9 Å². The molecule has 0 aromatic heterocycles. The third-order valence-corrected chi connectivity index (χ3v) is 2.15. The smallest absolute Gasteiger partial charge is 0.219 e. The molecule has 0 saturated heterocycles. The standard InChI is InChI=1S/C11H22N2O2/c1-12-8-4-2-3-7-11(15)13-9-5-6-10-14/h10,12H,2-9H2,1H3,(H,13,15). The van der Waals surface area contributed by atoms with Crippen molar-refractivity contribution in [2.24, 2.45) is 0 Å². The van der Waals surface area contributed by atoms with E-state index in [0.717, 1.165) is 38.5 Å². The van der Waals surface area contributed by atoms with Gasteiger partial charge < -0.3 is 15.4 Å². The molecule has 0 aliphatic carbocycles. The fourth-order valence-electron chi connectivity index (χ4n) is 1.27. The van der Waals surface area contributed by atoms with E-state index in [4.69, 9.17) is 0 Å². The van der Waals surface area contributed by atoms with Crippen molar-refractivity contribution < 1.29 is 9.59 Å². The van der Waals surface area contributed by atoms with Crippen LogP contribution in [0.25, 0.3) is 0 Å². The highest BCUT2D eigenvalue weighted by Gasteiger charge is 1.99. The molecule has 0 aromatic carbocycles. The highest BCUT2D eigenvalue weighted by atomic mass is 16.1. The fraction of sp³-hybridized carbons (Fsp3) is 0.818. The van der Waals surface area contributed by atoms with Crippen LogP contribution in [-0.4, -0.2) is 32.3 Å². The zero-order chi connectivity index (χ0) is 11.4. The molecule has 0 aromatic rings. The SMILES string of the molecule is CNCCCCCC(=O)NCCCC=O. The molecule has 0 saturated carbocycles. The Hall–Kier alpha value is -0.900. The minimum atomic E-state index is 0.102. The fourth-order valence-corrected chi connectivity index (χ4v) is 1.27. The Labute approximate surface area is 91.8 Å². The van der Waals surface area contributed by atoms with Gasteiger partial charge in [-0.3, -0.25) is 4.79 Å². The van der Waals surface area contributed by atoms with Gasteiger partial charge in [-0.15, -0.1) is 0 Å². The number of unbranched alkanes of at least 4 members (excludes halogenated alkanes) is 3. The highest BCUT2D eigenvalue weighted by Crippen LogP contribution is 1.98. The van der Waals surface area contributed by atoms with E-state index in [9.17, 15) is 9.59 Å². The number of hydrogen-bond acceptors (Lipinski definition) is 3. The van der Waals surface area contributed by atoms with E-state index in [1.54, 1.807) is 0 Å². The Morgan fingerprint density at radius 2 is 1.93 bits per heavy atom. The average Bonchev–Trinajstić information content (AvgIpc) is 2.24. The van der Waals surface area contributed by atoms with Crippen LogP contribution in [0.1, 0.15) is 38.5 Å². The molecule has 2 N–H and O–H groups in total. The van der Waals surface area contributed by atoms with Crippen molar-refractivity contribution in [1.29, 1.82) is 0 Å².